The van der Waals surface area contributed by atoms with Gasteiger partial charge in [-0.05, 0) is 43.5 Å². The van der Waals surface area contributed by atoms with Crippen molar-refractivity contribution >= 4 is 11.9 Å². The molecule has 13 heteroatoms. The number of rotatable bonds is 7. The van der Waals surface area contributed by atoms with Gasteiger partial charge in [-0.3, -0.25) is 4.90 Å². The first-order valence-electron chi connectivity index (χ1n) is 13.6. The molecule has 7 rings (SSSR count). The Morgan fingerprint density at radius 3 is 2.52 bits per heavy atom. The lowest BCUT2D eigenvalue weighted by atomic mass is 9.91. The Labute approximate surface area is 239 Å². The second-order valence-electron chi connectivity index (χ2n) is 10.9. The van der Waals surface area contributed by atoms with Crippen LogP contribution in [-0.4, -0.2) is 56.1 Å². The first kappa shape index (κ1) is 26.4. The number of benzene rings is 1. The minimum absolute atomic E-state index is 0.147. The Bertz CT molecular complexity index is 1700. The van der Waals surface area contributed by atoms with Crippen molar-refractivity contribution in [3.05, 3.63) is 71.1 Å². The van der Waals surface area contributed by atoms with Crippen molar-refractivity contribution in [1.29, 1.82) is 0 Å². The van der Waals surface area contributed by atoms with Gasteiger partial charge in [0.25, 0.3) is 5.92 Å². The van der Waals surface area contributed by atoms with E-state index in [0.29, 0.717) is 40.0 Å². The Kier molecular flexibility index (Phi) is 5.98. The van der Waals surface area contributed by atoms with Gasteiger partial charge in [0.2, 0.25) is 5.88 Å². The summed E-state index contributed by atoms with van der Waals surface area (Å²) in [5, 5.41) is 4.08. The molecule has 3 aliphatic rings. The monoisotopic (exact) mass is 575 g/mol. The van der Waals surface area contributed by atoms with Crippen molar-refractivity contribution in [3.63, 3.8) is 0 Å². The third kappa shape index (κ3) is 4.35. The maximum atomic E-state index is 13.8. The number of hydrogen-bond donors (Lipinski definition) is 0. The number of amides is 1. The van der Waals surface area contributed by atoms with Crippen LogP contribution in [0, 0.1) is 6.92 Å². The first-order valence-corrected chi connectivity index (χ1v) is 13.6. The molecule has 5 heterocycles. The van der Waals surface area contributed by atoms with E-state index in [2.05, 4.69) is 20.1 Å². The van der Waals surface area contributed by atoms with E-state index in [-0.39, 0.29) is 31.4 Å². The van der Waals surface area contributed by atoms with Crippen LogP contribution in [0.2, 0.25) is 0 Å². The lowest BCUT2D eigenvalue weighted by molar-refractivity contribution is -0.186. The highest BCUT2D eigenvalue weighted by atomic mass is 19.3. The molecule has 0 radical (unpaired) electrons. The molecule has 0 N–H and O–H groups in total. The van der Waals surface area contributed by atoms with Crippen molar-refractivity contribution in [2.75, 3.05) is 25.2 Å². The van der Waals surface area contributed by atoms with Gasteiger partial charge in [-0.2, -0.15) is 13.9 Å². The van der Waals surface area contributed by atoms with E-state index in [0.717, 1.165) is 31.0 Å². The summed E-state index contributed by atoms with van der Waals surface area (Å²) < 4.78 is 46.0. The van der Waals surface area contributed by atoms with E-state index in [1.165, 1.54) is 29.1 Å². The number of alkyl halides is 2. The maximum Gasteiger partial charge on any atom is 0.416 e. The molecule has 2 fully saturated rings. The van der Waals surface area contributed by atoms with E-state index < -0.39 is 17.6 Å². The number of carbonyl (C=O) groups is 1. The van der Waals surface area contributed by atoms with Crippen molar-refractivity contribution < 1.29 is 27.8 Å². The molecule has 0 bridgehead atoms. The van der Waals surface area contributed by atoms with Gasteiger partial charge in [0.05, 0.1) is 43.8 Å². The Morgan fingerprint density at radius 2 is 1.90 bits per heavy atom. The van der Waals surface area contributed by atoms with Crippen molar-refractivity contribution in [1.82, 2.24) is 29.7 Å². The molecule has 42 heavy (non-hydrogen) atoms. The molecule has 1 saturated carbocycles. The molecular formula is C29H27F2N7O4. The zero-order valence-corrected chi connectivity index (χ0v) is 23.2. The SMILES string of the molecule is COc1ncnc(C2CC2)c1-c1ncc2c(n1)N(Cc1ccc(-n3nc(C(C)(F)F)cc3C)cc1)C(=O)OC21COC1. The Balaban J connectivity index is 1.25. The topological polar surface area (TPSA) is 117 Å². The van der Waals surface area contributed by atoms with E-state index in [1.807, 2.05) is 12.1 Å². The zero-order chi connectivity index (χ0) is 29.2. The molecule has 1 aromatic carbocycles. The summed E-state index contributed by atoms with van der Waals surface area (Å²) in [6.45, 7) is 3.11. The molecule has 1 saturated heterocycles. The van der Waals surface area contributed by atoms with Crippen LogP contribution in [-0.2, 0) is 27.5 Å². The quantitative estimate of drug-likeness (QED) is 0.306. The number of nitrogens with zero attached hydrogens (tertiary/aromatic N) is 7. The molecule has 4 aromatic rings. The van der Waals surface area contributed by atoms with E-state index in [1.54, 1.807) is 25.3 Å². The minimum atomic E-state index is -3.04. The predicted molar refractivity (Wildman–Crippen MR) is 145 cm³/mol. The van der Waals surface area contributed by atoms with Crippen molar-refractivity contribution in [2.24, 2.45) is 0 Å². The normalized spacial score (nSPS) is 17.5. The third-order valence-electron chi connectivity index (χ3n) is 7.77. The van der Waals surface area contributed by atoms with Gasteiger partial charge in [-0.25, -0.2) is 29.4 Å². The second-order valence-corrected chi connectivity index (χ2v) is 10.9. The van der Waals surface area contributed by atoms with Gasteiger partial charge in [0, 0.05) is 24.7 Å². The number of aryl methyl sites for hydroxylation is 1. The summed E-state index contributed by atoms with van der Waals surface area (Å²) in [7, 11) is 1.54. The smallest absolute Gasteiger partial charge is 0.416 e. The molecule has 0 atom stereocenters. The number of halogens is 2. The van der Waals surface area contributed by atoms with Crippen molar-refractivity contribution in [2.45, 2.75) is 50.7 Å². The number of aromatic nitrogens is 6. The van der Waals surface area contributed by atoms with Crippen LogP contribution in [0.15, 0.2) is 42.9 Å². The number of carbonyl (C=O) groups excluding carboxylic acids is 1. The molecule has 1 amide bonds. The highest BCUT2D eigenvalue weighted by molar-refractivity contribution is 5.90. The fraction of sp³-hybridized carbons (Fsp3) is 0.379. The van der Waals surface area contributed by atoms with E-state index in [4.69, 9.17) is 19.2 Å². The summed E-state index contributed by atoms with van der Waals surface area (Å²) in [4.78, 5) is 33.2. The van der Waals surface area contributed by atoms with E-state index >= 15 is 0 Å². The average Bonchev–Trinajstić information content (AvgIpc) is 3.73. The zero-order valence-electron chi connectivity index (χ0n) is 23.2. The largest absolute Gasteiger partial charge is 0.480 e. The lowest BCUT2D eigenvalue weighted by Gasteiger charge is -2.46. The molecule has 1 spiro atoms. The van der Waals surface area contributed by atoms with Crippen LogP contribution in [0.5, 0.6) is 5.88 Å². The second kappa shape index (κ2) is 9.51. The van der Waals surface area contributed by atoms with Crippen molar-refractivity contribution in [3.8, 4) is 23.0 Å². The third-order valence-corrected chi connectivity index (χ3v) is 7.77. The Hall–Kier alpha value is -4.52. The lowest BCUT2D eigenvalue weighted by Crippen LogP contribution is -2.56. The minimum Gasteiger partial charge on any atom is -0.480 e. The van der Waals surface area contributed by atoms with Gasteiger partial charge in [0.1, 0.15) is 23.4 Å². The van der Waals surface area contributed by atoms with Crippen LogP contribution in [0.25, 0.3) is 17.1 Å². The number of methoxy groups -OCH3 is 1. The van der Waals surface area contributed by atoms with E-state index in [9.17, 15) is 13.6 Å². The fourth-order valence-electron chi connectivity index (χ4n) is 5.31. The summed E-state index contributed by atoms with van der Waals surface area (Å²) in [5.41, 5.74) is 2.81. The molecule has 2 aliphatic heterocycles. The van der Waals surface area contributed by atoms with Gasteiger partial charge in [0.15, 0.2) is 11.4 Å². The molecule has 1 aliphatic carbocycles. The maximum absolute atomic E-state index is 13.8. The molecule has 11 nitrogen and oxygen atoms in total. The first-order chi connectivity index (χ1) is 20.2. The number of hydrogen-bond acceptors (Lipinski definition) is 9. The van der Waals surface area contributed by atoms with Gasteiger partial charge in [-0.1, -0.05) is 12.1 Å². The van der Waals surface area contributed by atoms with Crippen LogP contribution in [0.1, 0.15) is 53.9 Å². The molecule has 3 aromatic heterocycles. The fourth-order valence-corrected chi connectivity index (χ4v) is 5.31. The standard InChI is InChI=1S/C29H27F2N7O4/c1-16-10-21(28(2,30)31)36-38(16)19-8-4-17(5-9-19)12-37-25-20(29(13-41-14-29)42-27(37)39)11-32-24(35-25)22-23(18-6-7-18)33-15-34-26(22)40-3/h4-5,8-11,15,18H,6-7,12-14H2,1-3H3. The summed E-state index contributed by atoms with van der Waals surface area (Å²) >= 11 is 0. The van der Waals surface area contributed by atoms with Gasteiger partial charge < -0.3 is 14.2 Å². The van der Waals surface area contributed by atoms with Gasteiger partial charge in [-0.15, -0.1) is 0 Å². The number of fused-ring (bicyclic) bond motifs is 2. The highest BCUT2D eigenvalue weighted by Crippen LogP contribution is 2.47. The van der Waals surface area contributed by atoms with Crippen LogP contribution in [0.4, 0.5) is 19.4 Å². The highest BCUT2D eigenvalue weighted by Gasteiger charge is 2.52. The molecular weight excluding hydrogens is 548 g/mol. The Morgan fingerprint density at radius 1 is 1.14 bits per heavy atom. The molecule has 0 unspecified atom stereocenters. The summed E-state index contributed by atoms with van der Waals surface area (Å²) in [5.74, 6) is -1.63. The number of anilines is 1. The summed E-state index contributed by atoms with van der Waals surface area (Å²) in [6.07, 6.45) is 4.60. The summed E-state index contributed by atoms with van der Waals surface area (Å²) in [6, 6.07) is 8.53. The molecule has 216 valence electrons. The average molecular weight is 576 g/mol. The van der Waals surface area contributed by atoms with Crippen LogP contribution < -0.4 is 9.64 Å². The van der Waals surface area contributed by atoms with Crippen LogP contribution >= 0.6 is 0 Å². The van der Waals surface area contributed by atoms with Crippen LogP contribution in [0.3, 0.4) is 0 Å². The predicted octanol–water partition coefficient (Wildman–Crippen LogP) is 4.81. The van der Waals surface area contributed by atoms with Gasteiger partial charge >= 0.3 is 6.09 Å². The number of ether oxygens (including phenoxy) is 3.